The molecule has 1 aromatic carbocycles. The van der Waals surface area contributed by atoms with Crippen molar-refractivity contribution in [3.05, 3.63) is 74.9 Å². The summed E-state index contributed by atoms with van der Waals surface area (Å²) in [7, 11) is 0. The smallest absolute Gasteiger partial charge is 0.267 e. The molecule has 3 aromatic rings. The fourth-order valence-corrected chi connectivity index (χ4v) is 5.28. The number of thiophene rings is 1. The first-order valence-corrected chi connectivity index (χ1v) is 11.1. The van der Waals surface area contributed by atoms with Gasteiger partial charge >= 0.3 is 0 Å². The number of amides is 1. The number of benzene rings is 1. The minimum Gasteiger partial charge on any atom is -0.317 e. The van der Waals surface area contributed by atoms with Crippen LogP contribution in [0.2, 0.25) is 0 Å². The molecule has 0 unspecified atom stereocenters. The molecule has 0 aliphatic heterocycles. The zero-order valence-corrected chi connectivity index (χ0v) is 18.3. The normalized spacial score (nSPS) is 13.2. The second kappa shape index (κ2) is 8.63. The number of rotatable bonds is 4. The Bertz CT molecular complexity index is 1280. The Kier molecular flexibility index (Phi) is 5.75. The largest absolute Gasteiger partial charge is 0.317 e. The maximum atomic E-state index is 12.9. The number of anilines is 1. The van der Waals surface area contributed by atoms with Crippen LogP contribution < -0.4 is 5.32 Å². The van der Waals surface area contributed by atoms with Crippen molar-refractivity contribution >= 4 is 28.3 Å². The van der Waals surface area contributed by atoms with Gasteiger partial charge in [0.15, 0.2) is 0 Å². The number of nitrogens with zero attached hydrogens (tertiary/aromatic N) is 3. The molecule has 0 saturated heterocycles. The minimum atomic E-state index is -0.494. The van der Waals surface area contributed by atoms with Gasteiger partial charge in [0.25, 0.3) is 5.91 Å². The van der Waals surface area contributed by atoms with E-state index in [4.69, 9.17) is 0 Å². The lowest BCUT2D eigenvalue weighted by molar-refractivity contribution is -0.112. The fourth-order valence-electron chi connectivity index (χ4n) is 4.05. The van der Waals surface area contributed by atoms with Crippen LogP contribution in [0.3, 0.4) is 0 Å². The van der Waals surface area contributed by atoms with Gasteiger partial charge in [0.05, 0.1) is 5.56 Å². The molecule has 1 aliphatic rings. The Balaban J connectivity index is 1.65. The van der Waals surface area contributed by atoms with E-state index in [9.17, 15) is 15.3 Å². The number of nitriles is 2. The van der Waals surface area contributed by atoms with E-state index in [-0.39, 0.29) is 5.57 Å². The molecule has 4 rings (SSSR count). The Morgan fingerprint density at radius 2 is 2.00 bits per heavy atom. The molecule has 0 fully saturated rings. The first-order chi connectivity index (χ1) is 15.0. The summed E-state index contributed by atoms with van der Waals surface area (Å²) < 4.78 is 1.96. The summed E-state index contributed by atoms with van der Waals surface area (Å²) >= 11 is 1.46. The Labute approximate surface area is 185 Å². The van der Waals surface area contributed by atoms with Crippen molar-refractivity contribution in [1.82, 2.24) is 4.57 Å². The summed E-state index contributed by atoms with van der Waals surface area (Å²) in [4.78, 5) is 14.1. The molecule has 0 saturated carbocycles. The number of hydrogen-bond donors (Lipinski definition) is 1. The van der Waals surface area contributed by atoms with Gasteiger partial charge in [-0.1, -0.05) is 17.7 Å². The fraction of sp³-hybridized carbons (Fsp3) is 0.240. The van der Waals surface area contributed by atoms with Gasteiger partial charge in [0, 0.05) is 22.5 Å². The van der Waals surface area contributed by atoms with E-state index in [1.54, 1.807) is 6.08 Å². The molecule has 5 nitrogen and oxygen atoms in total. The SMILES string of the molecule is Cc1ccc(-n2cccc2/C=C(\C#N)C(=O)Nc2sc3c(c2C#N)CCCC3)c(C)c1. The van der Waals surface area contributed by atoms with Gasteiger partial charge in [-0.3, -0.25) is 4.79 Å². The first kappa shape index (κ1) is 20.7. The van der Waals surface area contributed by atoms with Crippen LogP contribution in [0.1, 0.15) is 45.7 Å². The van der Waals surface area contributed by atoms with Crippen LogP contribution in [0.5, 0.6) is 0 Å². The van der Waals surface area contributed by atoms with E-state index in [0.717, 1.165) is 48.2 Å². The molecule has 1 aliphatic carbocycles. The Hall–Kier alpha value is -3.61. The van der Waals surface area contributed by atoms with E-state index >= 15 is 0 Å². The zero-order valence-electron chi connectivity index (χ0n) is 17.5. The number of nitrogens with one attached hydrogen (secondary N) is 1. The Morgan fingerprint density at radius 1 is 1.19 bits per heavy atom. The minimum absolute atomic E-state index is 0.0000218. The van der Waals surface area contributed by atoms with E-state index < -0.39 is 5.91 Å². The van der Waals surface area contributed by atoms with Crippen LogP contribution in [-0.4, -0.2) is 10.5 Å². The summed E-state index contributed by atoms with van der Waals surface area (Å²) in [6, 6.07) is 14.2. The zero-order chi connectivity index (χ0) is 22.0. The van der Waals surface area contributed by atoms with Gasteiger partial charge in [-0.05, 0) is 74.9 Å². The van der Waals surface area contributed by atoms with Crippen molar-refractivity contribution in [3.8, 4) is 17.8 Å². The number of hydrogen-bond acceptors (Lipinski definition) is 4. The highest BCUT2D eigenvalue weighted by Gasteiger charge is 2.23. The standard InChI is InChI=1S/C25H22N4OS/c1-16-9-10-22(17(2)12-16)29-11-5-6-19(29)13-18(14-26)24(30)28-25-21(15-27)20-7-3-4-8-23(20)31-25/h5-6,9-13H,3-4,7-8H2,1-2H3,(H,28,30)/b18-13+. The molecule has 6 heteroatoms. The summed E-state index contributed by atoms with van der Waals surface area (Å²) in [6.07, 6.45) is 7.48. The number of fused-ring (bicyclic) bond motifs is 1. The molecular formula is C25H22N4OS. The van der Waals surface area contributed by atoms with Crippen LogP contribution in [-0.2, 0) is 17.6 Å². The number of carbonyl (C=O) groups excluding carboxylic acids is 1. The summed E-state index contributed by atoms with van der Waals surface area (Å²) in [5.74, 6) is -0.494. The van der Waals surface area contributed by atoms with Gasteiger partial charge in [-0.2, -0.15) is 10.5 Å². The molecule has 1 amide bonds. The lowest BCUT2D eigenvalue weighted by Gasteiger charge is -2.11. The van der Waals surface area contributed by atoms with Crippen LogP contribution in [0.25, 0.3) is 11.8 Å². The van der Waals surface area contributed by atoms with Crippen molar-refractivity contribution in [3.63, 3.8) is 0 Å². The van der Waals surface area contributed by atoms with Crippen molar-refractivity contribution in [1.29, 1.82) is 10.5 Å². The van der Waals surface area contributed by atoms with Crippen molar-refractivity contribution in [2.75, 3.05) is 5.32 Å². The predicted octanol–water partition coefficient (Wildman–Crippen LogP) is 5.45. The van der Waals surface area contributed by atoms with Gasteiger partial charge in [-0.15, -0.1) is 11.3 Å². The van der Waals surface area contributed by atoms with Gasteiger partial charge in [0.1, 0.15) is 22.7 Å². The highest BCUT2D eigenvalue weighted by molar-refractivity contribution is 7.16. The third kappa shape index (κ3) is 4.03. The molecule has 0 spiro atoms. The van der Waals surface area contributed by atoms with Crippen molar-refractivity contribution in [2.24, 2.45) is 0 Å². The van der Waals surface area contributed by atoms with E-state index in [1.807, 2.05) is 54.9 Å². The highest BCUT2D eigenvalue weighted by atomic mass is 32.1. The molecule has 154 valence electrons. The van der Waals surface area contributed by atoms with Crippen molar-refractivity contribution in [2.45, 2.75) is 39.5 Å². The number of aryl methyl sites for hydroxylation is 3. The molecule has 0 bridgehead atoms. The summed E-state index contributed by atoms with van der Waals surface area (Å²) in [5.41, 5.74) is 5.62. The second-order valence-electron chi connectivity index (χ2n) is 7.74. The lowest BCUT2D eigenvalue weighted by atomic mass is 9.96. The van der Waals surface area contributed by atoms with Gasteiger partial charge in [0.2, 0.25) is 0 Å². The van der Waals surface area contributed by atoms with E-state index in [2.05, 4.69) is 17.5 Å². The maximum Gasteiger partial charge on any atom is 0.267 e. The maximum absolute atomic E-state index is 12.9. The Morgan fingerprint density at radius 3 is 2.74 bits per heavy atom. The van der Waals surface area contributed by atoms with E-state index in [1.165, 1.54) is 21.8 Å². The molecule has 2 aromatic heterocycles. The molecule has 1 N–H and O–H groups in total. The molecule has 0 atom stereocenters. The molecule has 31 heavy (non-hydrogen) atoms. The predicted molar refractivity (Wildman–Crippen MR) is 123 cm³/mol. The average Bonchev–Trinajstić information content (AvgIpc) is 3.35. The van der Waals surface area contributed by atoms with Crippen LogP contribution >= 0.6 is 11.3 Å². The van der Waals surface area contributed by atoms with Crippen LogP contribution in [0, 0.1) is 36.5 Å². The molecule has 0 radical (unpaired) electrons. The van der Waals surface area contributed by atoms with E-state index in [0.29, 0.717) is 10.6 Å². The van der Waals surface area contributed by atoms with Crippen molar-refractivity contribution < 1.29 is 4.79 Å². The third-order valence-electron chi connectivity index (χ3n) is 5.56. The summed E-state index contributed by atoms with van der Waals surface area (Å²) in [6.45, 7) is 4.08. The summed E-state index contributed by atoms with van der Waals surface area (Å²) in [5, 5.41) is 22.6. The lowest BCUT2D eigenvalue weighted by Crippen LogP contribution is -2.13. The molecular weight excluding hydrogens is 404 g/mol. The third-order valence-corrected chi connectivity index (χ3v) is 6.77. The number of carbonyl (C=O) groups is 1. The monoisotopic (exact) mass is 426 g/mol. The van der Waals surface area contributed by atoms with Gasteiger partial charge < -0.3 is 9.88 Å². The first-order valence-electron chi connectivity index (χ1n) is 10.2. The van der Waals surface area contributed by atoms with Gasteiger partial charge in [-0.25, -0.2) is 0 Å². The average molecular weight is 427 g/mol. The number of aromatic nitrogens is 1. The van der Waals surface area contributed by atoms with Crippen LogP contribution in [0.15, 0.2) is 42.1 Å². The quantitative estimate of drug-likeness (QED) is 0.445. The van der Waals surface area contributed by atoms with Crippen LogP contribution in [0.4, 0.5) is 5.00 Å². The second-order valence-corrected chi connectivity index (χ2v) is 8.85. The highest BCUT2D eigenvalue weighted by Crippen LogP contribution is 2.37. The molecule has 2 heterocycles. The topological polar surface area (TPSA) is 81.6 Å².